The van der Waals surface area contributed by atoms with Gasteiger partial charge in [-0.1, -0.05) is 24.3 Å². The van der Waals surface area contributed by atoms with Gasteiger partial charge in [-0.15, -0.1) is 13.2 Å². The Kier molecular flexibility index (Phi) is 6.61. The second-order valence-electron chi connectivity index (χ2n) is 6.49. The summed E-state index contributed by atoms with van der Waals surface area (Å²) < 4.78 is 84.9. The summed E-state index contributed by atoms with van der Waals surface area (Å²) in [5.41, 5.74) is -0.563. The fourth-order valence-electron chi connectivity index (χ4n) is 2.70. The lowest BCUT2D eigenvalue weighted by molar-refractivity contribution is -0.274. The van der Waals surface area contributed by atoms with Gasteiger partial charge in [0.05, 0.1) is 5.56 Å². The Bertz CT molecular complexity index is 1080. The number of carbonyl (C=O) groups is 1. The van der Waals surface area contributed by atoms with E-state index >= 15 is 0 Å². The van der Waals surface area contributed by atoms with Gasteiger partial charge in [0.15, 0.2) is 0 Å². The quantitative estimate of drug-likeness (QED) is 0.442. The van der Waals surface area contributed by atoms with Crippen LogP contribution in [0.3, 0.4) is 0 Å². The highest BCUT2D eigenvalue weighted by Gasteiger charge is 2.32. The van der Waals surface area contributed by atoms with Crippen molar-refractivity contribution >= 4 is 5.91 Å². The zero-order valence-electron chi connectivity index (χ0n) is 16.1. The second-order valence-corrected chi connectivity index (χ2v) is 6.49. The summed E-state index contributed by atoms with van der Waals surface area (Å²) in [6, 6.07) is 15.2. The van der Waals surface area contributed by atoms with Crippen molar-refractivity contribution in [3.8, 4) is 17.2 Å². The first-order valence-corrected chi connectivity index (χ1v) is 9.08. The van der Waals surface area contributed by atoms with Crippen molar-refractivity contribution in [1.29, 1.82) is 0 Å². The lowest BCUT2D eigenvalue weighted by Crippen LogP contribution is -2.24. The SMILES string of the molecule is O=C(NCc1ccccc1OC(F)(F)F)c1cccc(Oc2ccc(C(F)(F)F)cc2)c1. The Morgan fingerprint density at radius 1 is 0.812 bits per heavy atom. The van der Waals surface area contributed by atoms with Crippen LogP contribution in [0.15, 0.2) is 72.8 Å². The molecule has 0 unspecified atom stereocenters. The molecule has 3 aromatic carbocycles. The maximum absolute atomic E-state index is 12.6. The summed E-state index contributed by atoms with van der Waals surface area (Å²) in [4.78, 5) is 12.4. The topological polar surface area (TPSA) is 47.6 Å². The molecule has 0 aliphatic rings. The van der Waals surface area contributed by atoms with Gasteiger partial charge in [-0.3, -0.25) is 4.79 Å². The van der Waals surface area contributed by atoms with E-state index in [0.717, 1.165) is 30.3 Å². The number of para-hydroxylation sites is 1. The van der Waals surface area contributed by atoms with Crippen LogP contribution in [0.5, 0.6) is 17.2 Å². The molecule has 0 aliphatic carbocycles. The van der Waals surface area contributed by atoms with Crippen LogP contribution in [0.4, 0.5) is 26.3 Å². The number of alkyl halides is 6. The van der Waals surface area contributed by atoms with Gasteiger partial charge >= 0.3 is 12.5 Å². The van der Waals surface area contributed by atoms with Gasteiger partial charge in [-0.05, 0) is 48.5 Å². The Balaban J connectivity index is 1.66. The minimum atomic E-state index is -4.87. The summed E-state index contributed by atoms with van der Waals surface area (Å²) in [5.74, 6) is -0.698. The number of rotatable bonds is 6. The van der Waals surface area contributed by atoms with Crippen molar-refractivity contribution in [3.05, 3.63) is 89.5 Å². The molecule has 1 N–H and O–H groups in total. The number of ether oxygens (including phenoxy) is 2. The molecule has 0 spiro atoms. The van der Waals surface area contributed by atoms with Crippen LogP contribution >= 0.6 is 0 Å². The molecule has 0 saturated carbocycles. The number of benzene rings is 3. The standard InChI is InChI=1S/C22H15F6NO3/c23-21(24,25)16-8-10-17(11-9-16)31-18-6-3-5-14(12-18)20(30)29-13-15-4-1-2-7-19(15)32-22(26,27)28/h1-12H,13H2,(H,29,30). The maximum Gasteiger partial charge on any atom is 0.573 e. The fourth-order valence-corrected chi connectivity index (χ4v) is 2.70. The summed E-state index contributed by atoms with van der Waals surface area (Å²) in [5, 5.41) is 2.49. The van der Waals surface area contributed by atoms with Crippen LogP contribution < -0.4 is 14.8 Å². The lowest BCUT2D eigenvalue weighted by Gasteiger charge is -2.14. The predicted molar refractivity (Wildman–Crippen MR) is 102 cm³/mol. The Hall–Kier alpha value is -3.69. The average Bonchev–Trinajstić information content (AvgIpc) is 2.72. The van der Waals surface area contributed by atoms with Gasteiger partial charge < -0.3 is 14.8 Å². The van der Waals surface area contributed by atoms with E-state index < -0.39 is 29.8 Å². The molecule has 0 aromatic heterocycles. The van der Waals surface area contributed by atoms with E-state index in [-0.39, 0.29) is 29.2 Å². The zero-order valence-corrected chi connectivity index (χ0v) is 16.1. The number of halogens is 6. The highest BCUT2D eigenvalue weighted by Crippen LogP contribution is 2.31. The van der Waals surface area contributed by atoms with E-state index in [1.54, 1.807) is 0 Å². The Morgan fingerprint density at radius 3 is 2.16 bits per heavy atom. The molecule has 0 fully saturated rings. The predicted octanol–water partition coefficient (Wildman–Crippen LogP) is 6.33. The lowest BCUT2D eigenvalue weighted by atomic mass is 10.1. The van der Waals surface area contributed by atoms with Crippen LogP contribution in [-0.2, 0) is 12.7 Å². The first-order valence-electron chi connectivity index (χ1n) is 9.08. The molecule has 0 saturated heterocycles. The van der Waals surface area contributed by atoms with Crippen molar-refractivity contribution in [2.24, 2.45) is 0 Å². The Morgan fingerprint density at radius 2 is 1.50 bits per heavy atom. The average molecular weight is 455 g/mol. The van der Waals surface area contributed by atoms with E-state index in [1.807, 2.05) is 0 Å². The molecule has 10 heteroatoms. The molecular formula is C22H15F6NO3. The minimum Gasteiger partial charge on any atom is -0.457 e. The van der Waals surface area contributed by atoms with E-state index in [1.165, 1.54) is 42.5 Å². The number of amides is 1. The molecule has 168 valence electrons. The van der Waals surface area contributed by atoms with Gasteiger partial charge in [0, 0.05) is 17.7 Å². The third-order valence-corrected chi connectivity index (χ3v) is 4.15. The third kappa shape index (κ3) is 6.40. The number of nitrogens with one attached hydrogen (secondary N) is 1. The first-order chi connectivity index (χ1) is 15.0. The summed E-state index contributed by atoms with van der Waals surface area (Å²) >= 11 is 0. The largest absolute Gasteiger partial charge is 0.573 e. The van der Waals surface area contributed by atoms with Gasteiger partial charge in [-0.25, -0.2) is 0 Å². The maximum atomic E-state index is 12.6. The summed E-state index contributed by atoms with van der Waals surface area (Å²) in [7, 11) is 0. The van der Waals surface area contributed by atoms with Crippen LogP contribution in [0.2, 0.25) is 0 Å². The van der Waals surface area contributed by atoms with Crippen LogP contribution in [0, 0.1) is 0 Å². The molecule has 32 heavy (non-hydrogen) atoms. The van der Waals surface area contributed by atoms with E-state index in [2.05, 4.69) is 10.1 Å². The smallest absolute Gasteiger partial charge is 0.457 e. The van der Waals surface area contributed by atoms with E-state index in [4.69, 9.17) is 4.74 Å². The van der Waals surface area contributed by atoms with Crippen molar-refractivity contribution in [1.82, 2.24) is 5.32 Å². The molecule has 0 bridgehead atoms. The van der Waals surface area contributed by atoms with Crippen molar-refractivity contribution in [2.45, 2.75) is 19.1 Å². The molecular weight excluding hydrogens is 440 g/mol. The minimum absolute atomic E-state index is 0.121. The molecule has 0 aliphatic heterocycles. The fraction of sp³-hybridized carbons (Fsp3) is 0.136. The molecule has 3 rings (SSSR count). The molecule has 4 nitrogen and oxygen atoms in total. The van der Waals surface area contributed by atoms with Crippen LogP contribution in [-0.4, -0.2) is 12.3 Å². The zero-order chi connectivity index (χ0) is 23.4. The second kappa shape index (κ2) is 9.21. The number of hydrogen-bond donors (Lipinski definition) is 1. The van der Waals surface area contributed by atoms with Crippen molar-refractivity contribution < 1.29 is 40.6 Å². The van der Waals surface area contributed by atoms with Crippen LogP contribution in [0.25, 0.3) is 0 Å². The van der Waals surface area contributed by atoms with Crippen molar-refractivity contribution in [3.63, 3.8) is 0 Å². The third-order valence-electron chi connectivity index (χ3n) is 4.15. The van der Waals surface area contributed by atoms with Gasteiger partial charge in [0.2, 0.25) is 0 Å². The van der Waals surface area contributed by atoms with Gasteiger partial charge in [0.25, 0.3) is 5.91 Å². The summed E-state index contributed by atoms with van der Waals surface area (Å²) in [6.45, 7) is -0.227. The molecule has 3 aromatic rings. The molecule has 0 heterocycles. The Labute approximate surface area is 178 Å². The number of carbonyl (C=O) groups excluding carboxylic acids is 1. The highest BCUT2D eigenvalue weighted by atomic mass is 19.4. The molecule has 1 amide bonds. The van der Waals surface area contributed by atoms with Gasteiger partial charge in [0.1, 0.15) is 17.2 Å². The van der Waals surface area contributed by atoms with E-state index in [9.17, 15) is 31.1 Å². The summed E-state index contributed by atoms with van der Waals surface area (Å²) in [6.07, 6.45) is -9.34. The molecule has 0 atom stereocenters. The van der Waals surface area contributed by atoms with Gasteiger partial charge in [-0.2, -0.15) is 13.2 Å². The van der Waals surface area contributed by atoms with E-state index in [0.29, 0.717) is 0 Å². The highest BCUT2D eigenvalue weighted by molar-refractivity contribution is 5.94. The van der Waals surface area contributed by atoms with Crippen molar-refractivity contribution in [2.75, 3.05) is 0 Å². The molecule has 0 radical (unpaired) electrons. The van der Waals surface area contributed by atoms with Crippen LogP contribution in [0.1, 0.15) is 21.5 Å². The normalized spacial score (nSPS) is 11.7. The first kappa shape index (κ1) is 23.0. The number of hydrogen-bond acceptors (Lipinski definition) is 3. The monoisotopic (exact) mass is 455 g/mol.